The number of hydrogen-bond donors (Lipinski definition) is 0. The van der Waals surface area contributed by atoms with Crippen LogP contribution in [0.1, 0.15) is 5.56 Å². The Kier molecular flexibility index (Phi) is 7.64. The minimum Gasteiger partial charge on any atom is -0.383 e. The smallest absolute Gasteiger partial charge is 0.246 e. The molecule has 0 aliphatic rings. The summed E-state index contributed by atoms with van der Waals surface area (Å²) in [7, 11) is 5.53. The van der Waals surface area contributed by atoms with E-state index in [2.05, 4.69) is 0 Å². The van der Waals surface area contributed by atoms with Gasteiger partial charge in [0.05, 0.1) is 6.61 Å². The number of hydrogen-bond acceptors (Lipinski definition) is 3. The highest BCUT2D eigenvalue weighted by molar-refractivity contribution is 5.91. The Bertz CT molecular complexity index is 475. The fourth-order valence-electron chi connectivity index (χ4n) is 1.74. The van der Waals surface area contributed by atoms with E-state index >= 15 is 0 Å². The topological polar surface area (TPSA) is 32.8 Å². The molecule has 0 heterocycles. The molecular formula is C16H23FN2O2. The SMILES string of the molecule is COCCN(CCN(C)C)C(=O)C=Cc1cccc(F)c1. The summed E-state index contributed by atoms with van der Waals surface area (Å²) >= 11 is 0. The lowest BCUT2D eigenvalue weighted by Crippen LogP contribution is -2.37. The zero-order chi connectivity index (χ0) is 15.7. The molecule has 1 aromatic carbocycles. The molecular weight excluding hydrogens is 271 g/mol. The molecule has 1 amide bonds. The zero-order valence-corrected chi connectivity index (χ0v) is 12.9. The van der Waals surface area contributed by atoms with Crippen LogP contribution < -0.4 is 0 Å². The van der Waals surface area contributed by atoms with E-state index in [9.17, 15) is 9.18 Å². The molecule has 0 radical (unpaired) electrons. The lowest BCUT2D eigenvalue weighted by molar-refractivity contribution is -0.126. The van der Waals surface area contributed by atoms with Crippen LogP contribution in [-0.2, 0) is 9.53 Å². The van der Waals surface area contributed by atoms with E-state index in [1.165, 1.54) is 18.2 Å². The van der Waals surface area contributed by atoms with Gasteiger partial charge >= 0.3 is 0 Å². The summed E-state index contributed by atoms with van der Waals surface area (Å²) < 4.78 is 18.1. The number of methoxy groups -OCH3 is 1. The molecule has 1 aromatic rings. The Morgan fingerprint density at radius 2 is 2.05 bits per heavy atom. The number of carbonyl (C=O) groups is 1. The van der Waals surface area contributed by atoms with Gasteiger partial charge in [-0.25, -0.2) is 4.39 Å². The van der Waals surface area contributed by atoms with Crippen LogP contribution in [0.2, 0.25) is 0 Å². The lowest BCUT2D eigenvalue weighted by atomic mass is 10.2. The van der Waals surface area contributed by atoms with Gasteiger partial charge in [-0.1, -0.05) is 12.1 Å². The van der Waals surface area contributed by atoms with Gasteiger partial charge in [0.15, 0.2) is 0 Å². The summed E-state index contributed by atoms with van der Waals surface area (Å²) in [6.45, 7) is 2.44. The fourth-order valence-corrected chi connectivity index (χ4v) is 1.74. The van der Waals surface area contributed by atoms with Crippen molar-refractivity contribution in [3.8, 4) is 0 Å². The Labute approximate surface area is 125 Å². The summed E-state index contributed by atoms with van der Waals surface area (Å²) in [6.07, 6.45) is 3.10. The van der Waals surface area contributed by atoms with E-state index in [1.54, 1.807) is 30.2 Å². The molecule has 5 heteroatoms. The van der Waals surface area contributed by atoms with E-state index in [4.69, 9.17) is 4.74 Å². The van der Waals surface area contributed by atoms with Crippen molar-refractivity contribution in [2.24, 2.45) is 0 Å². The molecule has 0 saturated carbocycles. The summed E-state index contributed by atoms with van der Waals surface area (Å²) in [5, 5.41) is 0. The first-order chi connectivity index (χ1) is 10.0. The van der Waals surface area contributed by atoms with Crippen LogP contribution >= 0.6 is 0 Å². The first-order valence-corrected chi connectivity index (χ1v) is 6.89. The van der Waals surface area contributed by atoms with Crippen molar-refractivity contribution in [2.75, 3.05) is 47.4 Å². The van der Waals surface area contributed by atoms with Gasteiger partial charge in [0.2, 0.25) is 5.91 Å². The molecule has 0 fully saturated rings. The predicted molar refractivity (Wildman–Crippen MR) is 82.4 cm³/mol. The average Bonchev–Trinajstić information content (AvgIpc) is 2.44. The number of nitrogens with zero attached hydrogens (tertiary/aromatic N) is 2. The second-order valence-electron chi connectivity index (χ2n) is 5.01. The number of likely N-dealkylation sites (N-methyl/N-ethyl adjacent to an activating group) is 1. The van der Waals surface area contributed by atoms with Gasteiger partial charge < -0.3 is 14.5 Å². The largest absolute Gasteiger partial charge is 0.383 e. The molecule has 0 aromatic heterocycles. The Morgan fingerprint density at radius 3 is 2.67 bits per heavy atom. The molecule has 0 saturated heterocycles. The maximum absolute atomic E-state index is 13.1. The standard InChI is InChI=1S/C16H23FN2O2/c1-18(2)9-10-19(11-12-21-3)16(20)8-7-14-5-4-6-15(17)13-14/h4-8,13H,9-12H2,1-3H3. The van der Waals surface area contributed by atoms with Crippen molar-refractivity contribution in [3.05, 3.63) is 41.7 Å². The quantitative estimate of drug-likeness (QED) is 0.686. The molecule has 116 valence electrons. The molecule has 4 nitrogen and oxygen atoms in total. The van der Waals surface area contributed by atoms with Crippen molar-refractivity contribution < 1.29 is 13.9 Å². The first kappa shape index (κ1) is 17.3. The number of rotatable bonds is 8. The van der Waals surface area contributed by atoms with Gasteiger partial charge in [0.25, 0.3) is 0 Å². The molecule has 21 heavy (non-hydrogen) atoms. The number of halogens is 1. The van der Waals surface area contributed by atoms with Crippen LogP contribution in [0.25, 0.3) is 6.08 Å². The molecule has 0 spiro atoms. The Morgan fingerprint density at radius 1 is 1.29 bits per heavy atom. The minimum atomic E-state index is -0.312. The van der Waals surface area contributed by atoms with E-state index in [-0.39, 0.29) is 11.7 Å². The van der Waals surface area contributed by atoms with Gasteiger partial charge in [0.1, 0.15) is 5.82 Å². The number of benzene rings is 1. The number of amides is 1. The van der Waals surface area contributed by atoms with Crippen LogP contribution in [0.5, 0.6) is 0 Å². The first-order valence-electron chi connectivity index (χ1n) is 6.89. The van der Waals surface area contributed by atoms with Crippen molar-refractivity contribution in [3.63, 3.8) is 0 Å². The third-order valence-corrected chi connectivity index (χ3v) is 2.96. The molecule has 0 atom stereocenters. The van der Waals surface area contributed by atoms with Crippen molar-refractivity contribution >= 4 is 12.0 Å². The van der Waals surface area contributed by atoms with Crippen LogP contribution in [0.4, 0.5) is 4.39 Å². The maximum atomic E-state index is 13.1. The minimum absolute atomic E-state index is 0.0989. The van der Waals surface area contributed by atoms with Crippen molar-refractivity contribution in [1.29, 1.82) is 0 Å². The highest BCUT2D eigenvalue weighted by Gasteiger charge is 2.10. The molecule has 0 unspecified atom stereocenters. The summed E-state index contributed by atoms with van der Waals surface area (Å²) in [6, 6.07) is 6.14. The van der Waals surface area contributed by atoms with Crippen LogP contribution in [-0.4, -0.2) is 63.2 Å². The Balaban J connectivity index is 2.65. The number of carbonyl (C=O) groups excluding carboxylic acids is 1. The van der Waals surface area contributed by atoms with E-state index in [0.29, 0.717) is 25.3 Å². The van der Waals surface area contributed by atoms with Gasteiger partial charge in [-0.2, -0.15) is 0 Å². The van der Waals surface area contributed by atoms with Gasteiger partial charge in [-0.3, -0.25) is 4.79 Å². The zero-order valence-electron chi connectivity index (χ0n) is 12.9. The van der Waals surface area contributed by atoms with Gasteiger partial charge in [-0.05, 0) is 37.9 Å². The van der Waals surface area contributed by atoms with Crippen molar-refractivity contribution in [1.82, 2.24) is 9.80 Å². The summed E-state index contributed by atoms with van der Waals surface area (Å²) in [5.74, 6) is -0.411. The Hall–Kier alpha value is -1.72. The predicted octanol–water partition coefficient (Wildman–Crippen LogP) is 1.88. The van der Waals surface area contributed by atoms with Gasteiger partial charge in [0, 0.05) is 32.8 Å². The highest BCUT2D eigenvalue weighted by Crippen LogP contribution is 2.06. The summed E-state index contributed by atoms with van der Waals surface area (Å²) in [4.78, 5) is 15.9. The average molecular weight is 294 g/mol. The number of ether oxygens (including phenoxy) is 1. The van der Waals surface area contributed by atoms with Gasteiger partial charge in [-0.15, -0.1) is 0 Å². The fraction of sp³-hybridized carbons (Fsp3) is 0.438. The molecule has 0 N–H and O–H groups in total. The molecule has 0 bridgehead atoms. The second-order valence-corrected chi connectivity index (χ2v) is 5.01. The molecule has 0 aliphatic carbocycles. The maximum Gasteiger partial charge on any atom is 0.246 e. The molecule has 1 rings (SSSR count). The second kappa shape index (κ2) is 9.26. The molecule has 0 aliphatic heterocycles. The third-order valence-electron chi connectivity index (χ3n) is 2.96. The van der Waals surface area contributed by atoms with E-state index in [0.717, 1.165) is 6.54 Å². The van der Waals surface area contributed by atoms with E-state index in [1.807, 2.05) is 19.0 Å². The normalized spacial score (nSPS) is 11.3. The van der Waals surface area contributed by atoms with Crippen LogP contribution in [0.15, 0.2) is 30.3 Å². The third kappa shape index (κ3) is 7.02. The lowest BCUT2D eigenvalue weighted by Gasteiger charge is -2.22. The highest BCUT2D eigenvalue weighted by atomic mass is 19.1. The van der Waals surface area contributed by atoms with Crippen LogP contribution in [0, 0.1) is 5.82 Å². The monoisotopic (exact) mass is 294 g/mol. The van der Waals surface area contributed by atoms with E-state index < -0.39 is 0 Å². The summed E-state index contributed by atoms with van der Waals surface area (Å²) in [5.41, 5.74) is 0.669. The van der Waals surface area contributed by atoms with Crippen LogP contribution in [0.3, 0.4) is 0 Å². The van der Waals surface area contributed by atoms with Crippen molar-refractivity contribution in [2.45, 2.75) is 0 Å².